The number of carbonyl (C=O) groups excluding carboxylic acids is 1. The highest BCUT2D eigenvalue weighted by Gasteiger charge is 2.32. The van der Waals surface area contributed by atoms with Crippen molar-refractivity contribution in [3.05, 3.63) is 29.3 Å². The molecule has 0 saturated carbocycles. The SMILES string of the molecule is Cc1cc(NC(=O)[C@@H](C)N2CCN(S(=O)(=O)c3cccs3)CC2)no1. The molecule has 1 N–H and O–H groups in total. The van der Waals surface area contributed by atoms with Crippen LogP contribution in [0, 0.1) is 6.92 Å². The van der Waals surface area contributed by atoms with E-state index in [9.17, 15) is 13.2 Å². The first-order valence-electron chi connectivity index (χ1n) is 7.90. The molecule has 1 saturated heterocycles. The third kappa shape index (κ3) is 3.92. The molecule has 3 rings (SSSR count). The first kappa shape index (κ1) is 18.1. The Morgan fingerprint density at radius 3 is 2.64 bits per heavy atom. The van der Waals surface area contributed by atoms with Gasteiger partial charge in [-0.3, -0.25) is 9.69 Å². The fraction of sp³-hybridized carbons (Fsp3) is 0.467. The Labute approximate surface area is 150 Å². The normalized spacial score (nSPS) is 18.2. The number of amides is 1. The highest BCUT2D eigenvalue weighted by Crippen LogP contribution is 2.22. The van der Waals surface area contributed by atoms with Crippen molar-refractivity contribution in [1.82, 2.24) is 14.4 Å². The number of thiophene rings is 1. The molecular formula is C15H20N4O4S2. The first-order valence-corrected chi connectivity index (χ1v) is 10.2. The van der Waals surface area contributed by atoms with Gasteiger partial charge < -0.3 is 9.84 Å². The number of aryl methyl sites for hydroxylation is 1. The third-order valence-corrected chi connectivity index (χ3v) is 7.44. The lowest BCUT2D eigenvalue weighted by Crippen LogP contribution is -2.53. The molecule has 10 heteroatoms. The van der Waals surface area contributed by atoms with Crippen LogP contribution in [-0.2, 0) is 14.8 Å². The summed E-state index contributed by atoms with van der Waals surface area (Å²) in [5.41, 5.74) is 0. The van der Waals surface area contributed by atoms with Crippen LogP contribution in [0.25, 0.3) is 0 Å². The van der Waals surface area contributed by atoms with E-state index in [1.165, 1.54) is 15.6 Å². The zero-order chi connectivity index (χ0) is 18.0. The predicted octanol–water partition coefficient (Wildman–Crippen LogP) is 1.38. The Morgan fingerprint density at radius 1 is 1.36 bits per heavy atom. The Kier molecular flexibility index (Phi) is 5.23. The number of carbonyl (C=O) groups is 1. The summed E-state index contributed by atoms with van der Waals surface area (Å²) in [4.78, 5) is 14.3. The Balaban J connectivity index is 1.57. The van der Waals surface area contributed by atoms with E-state index in [0.29, 0.717) is 42.0 Å². The summed E-state index contributed by atoms with van der Waals surface area (Å²) < 4.78 is 31.8. The van der Waals surface area contributed by atoms with E-state index in [1.807, 2.05) is 4.90 Å². The second-order valence-electron chi connectivity index (χ2n) is 5.86. The molecule has 136 valence electrons. The van der Waals surface area contributed by atoms with Crippen LogP contribution in [0.5, 0.6) is 0 Å². The summed E-state index contributed by atoms with van der Waals surface area (Å²) in [6.45, 7) is 5.26. The molecule has 8 nitrogen and oxygen atoms in total. The second-order valence-corrected chi connectivity index (χ2v) is 8.97. The van der Waals surface area contributed by atoms with E-state index >= 15 is 0 Å². The van der Waals surface area contributed by atoms with E-state index < -0.39 is 10.0 Å². The second kappa shape index (κ2) is 7.24. The zero-order valence-corrected chi connectivity index (χ0v) is 15.6. The van der Waals surface area contributed by atoms with Gasteiger partial charge in [-0.15, -0.1) is 11.3 Å². The molecule has 25 heavy (non-hydrogen) atoms. The van der Waals surface area contributed by atoms with Crippen LogP contribution in [0.2, 0.25) is 0 Å². The number of sulfonamides is 1. The predicted molar refractivity (Wildman–Crippen MR) is 94.0 cm³/mol. The van der Waals surface area contributed by atoms with Gasteiger partial charge in [0.2, 0.25) is 5.91 Å². The smallest absolute Gasteiger partial charge is 0.252 e. The number of piperazine rings is 1. The lowest BCUT2D eigenvalue weighted by Gasteiger charge is -2.36. The summed E-state index contributed by atoms with van der Waals surface area (Å²) >= 11 is 1.22. The van der Waals surface area contributed by atoms with Gasteiger partial charge in [0.1, 0.15) is 9.97 Å². The average Bonchev–Trinajstić information content (AvgIpc) is 3.26. The summed E-state index contributed by atoms with van der Waals surface area (Å²) in [5.74, 6) is 0.812. The summed E-state index contributed by atoms with van der Waals surface area (Å²) in [6.07, 6.45) is 0. The van der Waals surface area contributed by atoms with Crippen molar-refractivity contribution in [2.45, 2.75) is 24.1 Å². The van der Waals surface area contributed by atoms with Gasteiger partial charge in [-0.2, -0.15) is 4.31 Å². The molecule has 1 aliphatic heterocycles. The molecule has 0 aromatic carbocycles. The lowest BCUT2D eigenvalue weighted by atomic mass is 10.2. The molecule has 0 aliphatic carbocycles. The molecule has 2 aromatic rings. The minimum atomic E-state index is -3.43. The van der Waals surface area contributed by atoms with Crippen LogP contribution < -0.4 is 5.32 Å². The van der Waals surface area contributed by atoms with Crippen LogP contribution in [0.3, 0.4) is 0 Å². The zero-order valence-electron chi connectivity index (χ0n) is 14.0. The molecule has 2 aromatic heterocycles. The van der Waals surface area contributed by atoms with Crippen LogP contribution in [-0.4, -0.2) is 60.9 Å². The van der Waals surface area contributed by atoms with E-state index in [2.05, 4.69) is 10.5 Å². The maximum absolute atomic E-state index is 12.5. The molecule has 0 bridgehead atoms. The Hall–Kier alpha value is -1.75. The van der Waals surface area contributed by atoms with E-state index in [4.69, 9.17) is 4.52 Å². The third-order valence-electron chi connectivity index (χ3n) is 4.17. The van der Waals surface area contributed by atoms with E-state index in [0.717, 1.165) is 0 Å². The topological polar surface area (TPSA) is 95.8 Å². The van der Waals surface area contributed by atoms with E-state index in [1.54, 1.807) is 37.4 Å². The summed E-state index contributed by atoms with van der Waals surface area (Å²) in [7, 11) is -3.43. The number of hydrogen-bond donors (Lipinski definition) is 1. The van der Waals surface area contributed by atoms with Crippen molar-refractivity contribution in [3.8, 4) is 0 Å². The Bertz CT molecular complexity index is 824. The molecule has 1 aliphatic rings. The van der Waals surface area contributed by atoms with Gasteiger partial charge in [0, 0.05) is 32.2 Å². The molecule has 1 atom stereocenters. The Morgan fingerprint density at radius 2 is 2.08 bits per heavy atom. The number of rotatable bonds is 5. The van der Waals surface area contributed by atoms with Crippen LogP contribution in [0.4, 0.5) is 5.82 Å². The van der Waals surface area contributed by atoms with Crippen LogP contribution >= 0.6 is 11.3 Å². The fourth-order valence-corrected chi connectivity index (χ4v) is 5.26. The van der Waals surface area contributed by atoms with Crippen LogP contribution in [0.15, 0.2) is 32.3 Å². The minimum absolute atomic E-state index is 0.192. The standard InChI is InChI=1S/C15H20N4O4S2/c1-11-10-13(17-23-11)16-15(20)12(2)18-5-7-19(8-6-18)25(21,22)14-4-3-9-24-14/h3-4,9-10,12H,5-8H2,1-2H3,(H,16,17,20)/t12-/m1/s1. The van der Waals surface area contributed by atoms with Crippen molar-refractivity contribution < 1.29 is 17.7 Å². The highest BCUT2D eigenvalue weighted by molar-refractivity contribution is 7.91. The number of nitrogens with zero attached hydrogens (tertiary/aromatic N) is 3. The molecule has 0 radical (unpaired) electrons. The van der Waals surface area contributed by atoms with Crippen molar-refractivity contribution in [3.63, 3.8) is 0 Å². The highest BCUT2D eigenvalue weighted by atomic mass is 32.2. The average molecular weight is 384 g/mol. The number of anilines is 1. The summed E-state index contributed by atoms with van der Waals surface area (Å²) in [5, 5.41) is 8.20. The largest absolute Gasteiger partial charge is 0.360 e. The van der Waals surface area contributed by atoms with Crippen molar-refractivity contribution in [1.29, 1.82) is 0 Å². The number of hydrogen-bond acceptors (Lipinski definition) is 7. The minimum Gasteiger partial charge on any atom is -0.360 e. The molecule has 1 amide bonds. The van der Waals surface area contributed by atoms with Crippen molar-refractivity contribution >= 4 is 33.1 Å². The number of aromatic nitrogens is 1. The molecular weight excluding hydrogens is 364 g/mol. The van der Waals surface area contributed by atoms with E-state index in [-0.39, 0.29) is 11.9 Å². The van der Waals surface area contributed by atoms with Gasteiger partial charge in [0.05, 0.1) is 6.04 Å². The van der Waals surface area contributed by atoms with Crippen molar-refractivity contribution in [2.75, 3.05) is 31.5 Å². The lowest BCUT2D eigenvalue weighted by molar-refractivity contribution is -0.121. The molecule has 0 spiro atoms. The monoisotopic (exact) mass is 384 g/mol. The van der Waals surface area contributed by atoms with Crippen molar-refractivity contribution in [2.24, 2.45) is 0 Å². The van der Waals surface area contributed by atoms with Crippen LogP contribution in [0.1, 0.15) is 12.7 Å². The molecule has 1 fully saturated rings. The maximum Gasteiger partial charge on any atom is 0.252 e. The molecule has 3 heterocycles. The maximum atomic E-state index is 12.5. The van der Waals surface area contributed by atoms with Gasteiger partial charge in [-0.1, -0.05) is 11.2 Å². The molecule has 0 unspecified atom stereocenters. The van der Waals surface area contributed by atoms with Gasteiger partial charge in [0.25, 0.3) is 10.0 Å². The van der Waals surface area contributed by atoms with Gasteiger partial charge in [0.15, 0.2) is 5.82 Å². The quantitative estimate of drug-likeness (QED) is 0.837. The van der Waals surface area contributed by atoms with Gasteiger partial charge in [-0.05, 0) is 25.3 Å². The first-order chi connectivity index (χ1) is 11.9. The fourth-order valence-electron chi connectivity index (χ4n) is 2.69. The van der Waals surface area contributed by atoms with Gasteiger partial charge in [-0.25, -0.2) is 8.42 Å². The number of nitrogens with one attached hydrogen (secondary N) is 1. The van der Waals surface area contributed by atoms with Gasteiger partial charge >= 0.3 is 0 Å². The summed E-state index contributed by atoms with van der Waals surface area (Å²) in [6, 6.07) is 4.60.